The summed E-state index contributed by atoms with van der Waals surface area (Å²) in [5, 5.41) is 6.03. The van der Waals surface area contributed by atoms with Crippen LogP contribution in [0.5, 0.6) is 0 Å². The molecule has 0 aromatic carbocycles. The number of hydrogen-bond donors (Lipinski definition) is 1. The third-order valence-electron chi connectivity index (χ3n) is 4.62. The minimum absolute atomic E-state index is 0.627. The topological polar surface area (TPSA) is 33.1 Å². The number of piperidine rings is 1. The molecule has 2 unspecified atom stereocenters. The summed E-state index contributed by atoms with van der Waals surface area (Å²) in [6, 6.07) is 1.25. The largest absolute Gasteiger partial charge is 0.311 e. The molecule has 0 aliphatic carbocycles. The summed E-state index contributed by atoms with van der Waals surface area (Å²) in [7, 11) is 0. The van der Waals surface area contributed by atoms with Crippen LogP contribution in [0.3, 0.4) is 0 Å². The maximum Gasteiger partial charge on any atom is 0.127 e. The molecule has 0 amide bonds. The summed E-state index contributed by atoms with van der Waals surface area (Å²) in [6.45, 7) is 8.96. The van der Waals surface area contributed by atoms with Gasteiger partial charge in [0.1, 0.15) is 5.82 Å². The second kappa shape index (κ2) is 5.16. The Kier molecular flexibility index (Phi) is 3.52. The van der Waals surface area contributed by atoms with Crippen LogP contribution in [0.25, 0.3) is 0 Å². The Balaban J connectivity index is 2.04. The fourth-order valence-corrected chi connectivity index (χ4v) is 3.65. The molecule has 0 spiro atoms. The minimum atomic E-state index is 0.627. The van der Waals surface area contributed by atoms with E-state index in [2.05, 4.69) is 35.8 Å². The molecule has 1 aromatic heterocycles. The van der Waals surface area contributed by atoms with Crippen molar-refractivity contribution in [3.8, 4) is 0 Å². The lowest BCUT2D eigenvalue weighted by Gasteiger charge is -2.43. The highest BCUT2D eigenvalue weighted by Gasteiger charge is 2.30. The summed E-state index contributed by atoms with van der Waals surface area (Å²) in [4.78, 5) is 4.87. The fraction of sp³-hybridized carbons (Fsp3) is 0.800. The average molecular weight is 262 g/mol. The smallest absolute Gasteiger partial charge is 0.127 e. The summed E-state index contributed by atoms with van der Waals surface area (Å²) < 4.78 is 2.48. The highest BCUT2D eigenvalue weighted by atomic mass is 15.6. The van der Waals surface area contributed by atoms with E-state index < -0.39 is 0 Å². The highest BCUT2D eigenvalue weighted by Crippen LogP contribution is 2.26. The van der Waals surface area contributed by atoms with Crippen molar-refractivity contribution in [2.24, 2.45) is 0 Å². The maximum absolute atomic E-state index is 4.87. The van der Waals surface area contributed by atoms with E-state index in [4.69, 9.17) is 4.98 Å². The van der Waals surface area contributed by atoms with Gasteiger partial charge in [0.15, 0.2) is 0 Å². The van der Waals surface area contributed by atoms with Gasteiger partial charge >= 0.3 is 0 Å². The first-order valence-corrected chi connectivity index (χ1v) is 7.81. The zero-order chi connectivity index (χ0) is 13.4. The molecule has 0 radical (unpaired) electrons. The molecule has 1 fully saturated rings. The molecule has 4 nitrogen and oxygen atoms in total. The first kappa shape index (κ1) is 13.0. The molecule has 4 heteroatoms. The van der Waals surface area contributed by atoms with Gasteiger partial charge in [0.25, 0.3) is 0 Å². The molecule has 1 saturated heterocycles. The lowest BCUT2D eigenvalue weighted by Crippen LogP contribution is -2.52. The molecular formula is C15H26N4. The fourth-order valence-electron chi connectivity index (χ4n) is 3.65. The van der Waals surface area contributed by atoms with E-state index in [1.54, 1.807) is 0 Å². The quantitative estimate of drug-likeness (QED) is 0.885. The molecule has 106 valence electrons. The summed E-state index contributed by atoms with van der Waals surface area (Å²) in [5.74, 6) is 1.24. The Bertz CT molecular complexity index is 441. The lowest BCUT2D eigenvalue weighted by atomic mass is 9.99. The van der Waals surface area contributed by atoms with Gasteiger partial charge in [-0.3, -0.25) is 0 Å². The van der Waals surface area contributed by atoms with Crippen LogP contribution in [0.2, 0.25) is 0 Å². The lowest BCUT2D eigenvalue weighted by molar-refractivity contribution is 0.325. The maximum atomic E-state index is 4.87. The van der Waals surface area contributed by atoms with Crippen LogP contribution in [-0.4, -0.2) is 28.3 Å². The second-order valence-electron chi connectivity index (χ2n) is 6.02. The van der Waals surface area contributed by atoms with Crippen molar-refractivity contribution in [2.45, 2.75) is 71.5 Å². The van der Waals surface area contributed by atoms with Crippen LogP contribution in [0.1, 0.15) is 57.2 Å². The van der Waals surface area contributed by atoms with Gasteiger partial charge in [0, 0.05) is 38.0 Å². The number of nitrogens with zero attached hydrogens (tertiary/aromatic N) is 3. The van der Waals surface area contributed by atoms with E-state index in [1.807, 2.05) is 0 Å². The summed E-state index contributed by atoms with van der Waals surface area (Å²) in [5.41, 5.74) is 2.73. The number of aromatic nitrogens is 2. The van der Waals surface area contributed by atoms with Gasteiger partial charge in [0.05, 0.1) is 11.4 Å². The van der Waals surface area contributed by atoms with Crippen LogP contribution in [-0.2, 0) is 19.4 Å². The zero-order valence-corrected chi connectivity index (χ0v) is 12.4. The average Bonchev–Trinajstić information content (AvgIpc) is 2.77. The van der Waals surface area contributed by atoms with Crippen molar-refractivity contribution in [2.75, 3.05) is 11.6 Å². The highest BCUT2D eigenvalue weighted by molar-refractivity contribution is 5.24. The predicted molar refractivity (Wildman–Crippen MR) is 78.0 cm³/mol. The Morgan fingerprint density at radius 2 is 2.00 bits per heavy atom. The number of fused-ring (bicyclic) bond motifs is 1. The number of hydrogen-bond acceptors (Lipinski definition) is 3. The van der Waals surface area contributed by atoms with Crippen molar-refractivity contribution in [1.82, 2.24) is 15.0 Å². The van der Waals surface area contributed by atoms with Crippen molar-refractivity contribution in [3.63, 3.8) is 0 Å². The molecule has 0 saturated carbocycles. The third-order valence-corrected chi connectivity index (χ3v) is 4.62. The van der Waals surface area contributed by atoms with E-state index in [0.29, 0.717) is 12.1 Å². The van der Waals surface area contributed by atoms with Crippen LogP contribution in [0.4, 0.5) is 0 Å². The third kappa shape index (κ3) is 2.16. The Morgan fingerprint density at radius 1 is 1.26 bits per heavy atom. The normalized spacial score (nSPS) is 27.4. The molecule has 2 aliphatic heterocycles. The van der Waals surface area contributed by atoms with Crippen molar-refractivity contribution < 1.29 is 0 Å². The molecule has 1 N–H and O–H groups in total. The van der Waals surface area contributed by atoms with Crippen LogP contribution >= 0.6 is 0 Å². The SMILES string of the molecule is CCc1nc2c(n1N1C(C)CCCC1C)CCNC2. The Morgan fingerprint density at radius 3 is 2.68 bits per heavy atom. The second-order valence-corrected chi connectivity index (χ2v) is 6.02. The molecule has 3 rings (SSSR count). The van der Waals surface area contributed by atoms with E-state index in [0.717, 1.165) is 25.9 Å². The van der Waals surface area contributed by atoms with Crippen LogP contribution in [0.15, 0.2) is 0 Å². The van der Waals surface area contributed by atoms with Crippen molar-refractivity contribution in [3.05, 3.63) is 17.2 Å². The van der Waals surface area contributed by atoms with E-state index in [1.165, 1.54) is 36.5 Å². The van der Waals surface area contributed by atoms with Gasteiger partial charge in [-0.25, -0.2) is 9.66 Å². The molecule has 1 aromatic rings. The van der Waals surface area contributed by atoms with E-state index in [9.17, 15) is 0 Å². The summed E-state index contributed by atoms with van der Waals surface area (Å²) in [6.07, 6.45) is 6.09. The minimum Gasteiger partial charge on any atom is -0.311 e. The molecule has 2 atom stereocenters. The number of aryl methyl sites for hydroxylation is 1. The molecule has 2 aliphatic rings. The Hall–Kier alpha value is -1.03. The van der Waals surface area contributed by atoms with Gasteiger partial charge < -0.3 is 10.3 Å². The van der Waals surface area contributed by atoms with Gasteiger partial charge in [-0.1, -0.05) is 6.92 Å². The standard InChI is InChI=1S/C15H26N4/c1-4-15-17-13-10-16-9-8-14(13)19(15)18-11(2)6-5-7-12(18)3/h11-12,16H,4-10H2,1-3H3. The van der Waals surface area contributed by atoms with Crippen LogP contribution in [0, 0.1) is 0 Å². The number of imidazole rings is 1. The van der Waals surface area contributed by atoms with Gasteiger partial charge in [-0.15, -0.1) is 0 Å². The monoisotopic (exact) mass is 262 g/mol. The molecule has 19 heavy (non-hydrogen) atoms. The first-order chi connectivity index (χ1) is 9.22. The molecule has 3 heterocycles. The zero-order valence-electron chi connectivity index (χ0n) is 12.4. The van der Waals surface area contributed by atoms with E-state index >= 15 is 0 Å². The van der Waals surface area contributed by atoms with E-state index in [-0.39, 0.29) is 0 Å². The predicted octanol–water partition coefficient (Wildman–Crippen LogP) is 1.99. The molecular weight excluding hydrogens is 236 g/mol. The van der Waals surface area contributed by atoms with Gasteiger partial charge in [-0.05, 0) is 33.1 Å². The molecule has 0 bridgehead atoms. The van der Waals surface area contributed by atoms with Gasteiger partial charge in [0.2, 0.25) is 0 Å². The van der Waals surface area contributed by atoms with Crippen molar-refractivity contribution >= 4 is 0 Å². The van der Waals surface area contributed by atoms with Crippen molar-refractivity contribution in [1.29, 1.82) is 0 Å². The van der Waals surface area contributed by atoms with Crippen LogP contribution < -0.4 is 10.3 Å². The van der Waals surface area contributed by atoms with Gasteiger partial charge in [-0.2, -0.15) is 0 Å². The Labute approximate surface area is 116 Å². The first-order valence-electron chi connectivity index (χ1n) is 7.81. The summed E-state index contributed by atoms with van der Waals surface area (Å²) >= 11 is 0. The number of rotatable bonds is 2. The number of nitrogens with one attached hydrogen (secondary N) is 1.